The summed E-state index contributed by atoms with van der Waals surface area (Å²) in [6.45, 7) is 3.93. The Balaban J connectivity index is 1.83. The standard InChI is InChI=1S/C12H24N2O/c13-8-11-4-3-7-14(9-11)10-12(15)5-1-2-6-12/h11,15H,1-10,13H2. The molecule has 1 aliphatic heterocycles. The lowest BCUT2D eigenvalue weighted by Crippen LogP contribution is -2.46. The molecule has 15 heavy (non-hydrogen) atoms. The van der Waals surface area contributed by atoms with E-state index in [1.54, 1.807) is 0 Å². The fourth-order valence-corrected chi connectivity index (χ4v) is 3.09. The summed E-state index contributed by atoms with van der Waals surface area (Å²) in [6.07, 6.45) is 6.91. The Morgan fingerprint density at radius 1 is 1.27 bits per heavy atom. The molecule has 1 aliphatic carbocycles. The van der Waals surface area contributed by atoms with Gasteiger partial charge in [0.25, 0.3) is 0 Å². The van der Waals surface area contributed by atoms with Gasteiger partial charge in [0.15, 0.2) is 0 Å². The number of nitrogens with two attached hydrogens (primary N) is 1. The molecule has 2 aliphatic rings. The maximum absolute atomic E-state index is 10.3. The first kappa shape index (κ1) is 11.4. The van der Waals surface area contributed by atoms with Crippen LogP contribution in [0.5, 0.6) is 0 Å². The van der Waals surface area contributed by atoms with Crippen molar-refractivity contribution in [2.45, 2.75) is 44.1 Å². The predicted octanol–water partition coefficient (Wildman–Crippen LogP) is 0.962. The van der Waals surface area contributed by atoms with Gasteiger partial charge in [-0.25, -0.2) is 0 Å². The predicted molar refractivity (Wildman–Crippen MR) is 61.6 cm³/mol. The molecule has 0 radical (unpaired) electrons. The lowest BCUT2D eigenvalue weighted by molar-refractivity contribution is -0.00159. The van der Waals surface area contributed by atoms with Gasteiger partial charge >= 0.3 is 0 Å². The van der Waals surface area contributed by atoms with Crippen LogP contribution in [0.3, 0.4) is 0 Å². The molecule has 3 N–H and O–H groups in total. The minimum atomic E-state index is -0.378. The van der Waals surface area contributed by atoms with Crippen LogP contribution in [0.4, 0.5) is 0 Å². The summed E-state index contributed by atoms with van der Waals surface area (Å²) >= 11 is 0. The quantitative estimate of drug-likeness (QED) is 0.732. The Morgan fingerprint density at radius 3 is 2.67 bits per heavy atom. The normalized spacial score (nSPS) is 32.0. The highest BCUT2D eigenvalue weighted by molar-refractivity contribution is 4.88. The Kier molecular flexibility index (Phi) is 3.65. The molecular formula is C12H24N2O. The second-order valence-electron chi connectivity index (χ2n) is 5.41. The number of hydrogen-bond acceptors (Lipinski definition) is 3. The van der Waals surface area contributed by atoms with Gasteiger partial charge in [-0.15, -0.1) is 0 Å². The first-order chi connectivity index (χ1) is 7.22. The van der Waals surface area contributed by atoms with Crippen molar-refractivity contribution in [1.29, 1.82) is 0 Å². The highest BCUT2D eigenvalue weighted by Gasteiger charge is 2.34. The molecule has 0 bridgehead atoms. The van der Waals surface area contributed by atoms with Gasteiger partial charge in [-0.05, 0) is 44.7 Å². The Morgan fingerprint density at radius 2 is 2.00 bits per heavy atom. The van der Waals surface area contributed by atoms with E-state index in [0.29, 0.717) is 5.92 Å². The lowest BCUT2D eigenvalue weighted by atomic mass is 9.95. The fraction of sp³-hybridized carbons (Fsp3) is 1.00. The summed E-state index contributed by atoms with van der Waals surface area (Å²) in [6, 6.07) is 0. The van der Waals surface area contributed by atoms with E-state index in [0.717, 1.165) is 39.0 Å². The molecule has 1 saturated carbocycles. The Labute approximate surface area is 92.6 Å². The highest BCUT2D eigenvalue weighted by atomic mass is 16.3. The van der Waals surface area contributed by atoms with Crippen LogP contribution in [0.15, 0.2) is 0 Å². The number of β-amino-alcohol motifs (C(OH)–C–C–N with tert-alkyl or cyclic N) is 1. The average molecular weight is 212 g/mol. The summed E-state index contributed by atoms with van der Waals surface area (Å²) < 4.78 is 0. The zero-order chi connectivity index (χ0) is 10.7. The third-order valence-electron chi connectivity index (χ3n) is 3.99. The first-order valence-electron chi connectivity index (χ1n) is 6.37. The molecule has 0 amide bonds. The van der Waals surface area contributed by atoms with E-state index >= 15 is 0 Å². The summed E-state index contributed by atoms with van der Waals surface area (Å²) in [4.78, 5) is 2.42. The van der Waals surface area contributed by atoms with Crippen molar-refractivity contribution >= 4 is 0 Å². The highest BCUT2D eigenvalue weighted by Crippen LogP contribution is 2.31. The third-order valence-corrected chi connectivity index (χ3v) is 3.99. The number of nitrogens with zero attached hydrogens (tertiary/aromatic N) is 1. The number of piperidine rings is 1. The van der Waals surface area contributed by atoms with Gasteiger partial charge in [0.05, 0.1) is 5.60 Å². The molecule has 1 unspecified atom stereocenters. The maximum Gasteiger partial charge on any atom is 0.0774 e. The van der Waals surface area contributed by atoms with Crippen LogP contribution in [0, 0.1) is 5.92 Å². The molecule has 3 heteroatoms. The van der Waals surface area contributed by atoms with Crippen molar-refractivity contribution < 1.29 is 5.11 Å². The summed E-state index contributed by atoms with van der Waals surface area (Å²) in [5, 5.41) is 10.3. The van der Waals surface area contributed by atoms with Crippen LogP contribution in [-0.4, -0.2) is 41.8 Å². The van der Waals surface area contributed by atoms with Crippen LogP contribution >= 0.6 is 0 Å². The molecule has 2 fully saturated rings. The minimum absolute atomic E-state index is 0.378. The van der Waals surface area contributed by atoms with Crippen molar-refractivity contribution in [3.63, 3.8) is 0 Å². The third kappa shape index (κ3) is 2.92. The van der Waals surface area contributed by atoms with Crippen molar-refractivity contribution in [2.24, 2.45) is 11.7 Å². The van der Waals surface area contributed by atoms with Gasteiger partial charge < -0.3 is 15.7 Å². The van der Waals surface area contributed by atoms with E-state index in [1.807, 2.05) is 0 Å². The van der Waals surface area contributed by atoms with Gasteiger partial charge in [-0.2, -0.15) is 0 Å². The maximum atomic E-state index is 10.3. The van der Waals surface area contributed by atoms with Crippen LogP contribution in [-0.2, 0) is 0 Å². The van der Waals surface area contributed by atoms with Crippen molar-refractivity contribution in [2.75, 3.05) is 26.2 Å². The number of rotatable bonds is 3. The van der Waals surface area contributed by atoms with E-state index in [9.17, 15) is 5.11 Å². The molecule has 88 valence electrons. The molecule has 1 saturated heterocycles. The summed E-state index contributed by atoms with van der Waals surface area (Å²) in [5.74, 6) is 0.656. The van der Waals surface area contributed by atoms with E-state index in [2.05, 4.69) is 4.90 Å². The summed E-state index contributed by atoms with van der Waals surface area (Å²) in [5.41, 5.74) is 5.34. The van der Waals surface area contributed by atoms with Crippen LogP contribution in [0.25, 0.3) is 0 Å². The minimum Gasteiger partial charge on any atom is -0.389 e. The fourth-order valence-electron chi connectivity index (χ4n) is 3.09. The number of aliphatic hydroxyl groups is 1. The van der Waals surface area contributed by atoms with Gasteiger partial charge in [-0.1, -0.05) is 12.8 Å². The monoisotopic (exact) mass is 212 g/mol. The van der Waals surface area contributed by atoms with E-state index in [-0.39, 0.29) is 5.60 Å². The second-order valence-corrected chi connectivity index (χ2v) is 5.41. The summed E-state index contributed by atoms with van der Waals surface area (Å²) in [7, 11) is 0. The zero-order valence-corrected chi connectivity index (χ0v) is 9.62. The molecule has 3 nitrogen and oxygen atoms in total. The lowest BCUT2D eigenvalue weighted by Gasteiger charge is -2.36. The van der Waals surface area contributed by atoms with Crippen LogP contribution in [0.2, 0.25) is 0 Å². The van der Waals surface area contributed by atoms with E-state index in [4.69, 9.17) is 5.73 Å². The smallest absolute Gasteiger partial charge is 0.0774 e. The molecule has 0 spiro atoms. The molecular weight excluding hydrogens is 188 g/mol. The SMILES string of the molecule is NCC1CCCN(CC2(O)CCCC2)C1. The van der Waals surface area contributed by atoms with E-state index in [1.165, 1.54) is 25.7 Å². The number of hydrogen-bond donors (Lipinski definition) is 2. The molecule has 0 aromatic rings. The van der Waals surface area contributed by atoms with Crippen molar-refractivity contribution in [3.05, 3.63) is 0 Å². The van der Waals surface area contributed by atoms with Crippen LogP contribution in [0.1, 0.15) is 38.5 Å². The average Bonchev–Trinajstić information content (AvgIpc) is 2.65. The van der Waals surface area contributed by atoms with Gasteiger partial charge in [-0.3, -0.25) is 0 Å². The van der Waals surface area contributed by atoms with E-state index < -0.39 is 0 Å². The largest absolute Gasteiger partial charge is 0.389 e. The second kappa shape index (κ2) is 4.81. The molecule has 1 atom stereocenters. The molecule has 0 aromatic heterocycles. The first-order valence-corrected chi connectivity index (χ1v) is 6.37. The van der Waals surface area contributed by atoms with Crippen molar-refractivity contribution in [3.8, 4) is 0 Å². The molecule has 0 aromatic carbocycles. The number of likely N-dealkylation sites (tertiary alicyclic amines) is 1. The molecule has 1 heterocycles. The zero-order valence-electron chi connectivity index (χ0n) is 9.62. The van der Waals surface area contributed by atoms with Crippen LogP contribution < -0.4 is 5.73 Å². The molecule has 2 rings (SSSR count). The Hall–Kier alpha value is -0.120. The van der Waals surface area contributed by atoms with Gasteiger partial charge in [0, 0.05) is 13.1 Å². The van der Waals surface area contributed by atoms with Gasteiger partial charge in [0.1, 0.15) is 0 Å². The van der Waals surface area contributed by atoms with Crippen molar-refractivity contribution in [1.82, 2.24) is 4.90 Å². The van der Waals surface area contributed by atoms with Gasteiger partial charge in [0.2, 0.25) is 0 Å². The topological polar surface area (TPSA) is 49.5 Å². The Bertz CT molecular complexity index is 202.